The third-order valence-corrected chi connectivity index (χ3v) is 6.52. The Labute approximate surface area is 191 Å². The van der Waals surface area contributed by atoms with E-state index < -0.39 is 0 Å². The number of aromatic nitrogens is 3. The molecule has 2 fully saturated rings. The molecule has 32 heavy (non-hydrogen) atoms. The number of aliphatic imine (C=N–C) groups is 1. The van der Waals surface area contributed by atoms with Crippen LogP contribution in [-0.4, -0.2) is 57.9 Å². The molecule has 1 saturated carbocycles. The van der Waals surface area contributed by atoms with Crippen LogP contribution in [-0.2, 0) is 16.1 Å². The summed E-state index contributed by atoms with van der Waals surface area (Å²) in [7, 11) is 3.21. The van der Waals surface area contributed by atoms with Crippen LogP contribution in [0.25, 0.3) is 5.65 Å². The van der Waals surface area contributed by atoms with Crippen LogP contribution in [0, 0.1) is 17.8 Å². The molecule has 0 bridgehead atoms. The van der Waals surface area contributed by atoms with Gasteiger partial charge < -0.3 is 15.0 Å². The second-order valence-corrected chi connectivity index (χ2v) is 8.43. The first-order valence-corrected chi connectivity index (χ1v) is 11.0. The summed E-state index contributed by atoms with van der Waals surface area (Å²) in [6.45, 7) is 7.54. The molecule has 1 amide bonds. The standard InChI is InChI=1S/C22H27ClN6O3/c1-5-7-16(21(24-3)32-4)26-17-12-28(22(31)29-18(23)8-25-20(17)29)11-15-13-9-27(10-14(13)15)19(30)6-2/h6-8,12-15,26H,2,5,9-11H2,1,3-4H3/b16-7+,24-21?. The molecule has 2 aromatic heterocycles. The van der Waals surface area contributed by atoms with E-state index in [9.17, 15) is 9.59 Å². The molecule has 9 nitrogen and oxygen atoms in total. The maximum atomic E-state index is 13.2. The summed E-state index contributed by atoms with van der Waals surface area (Å²) in [6, 6.07) is 0. The number of allylic oxidation sites excluding steroid dienone is 1. The van der Waals surface area contributed by atoms with Crippen molar-refractivity contribution in [3.05, 3.63) is 52.5 Å². The van der Waals surface area contributed by atoms with Crippen LogP contribution in [0.3, 0.4) is 0 Å². The van der Waals surface area contributed by atoms with E-state index in [-0.39, 0.29) is 16.8 Å². The number of ether oxygens (including phenoxy) is 1. The average molecular weight is 459 g/mol. The van der Waals surface area contributed by atoms with Gasteiger partial charge in [0.15, 0.2) is 5.65 Å². The molecule has 2 atom stereocenters. The number of carbonyl (C=O) groups excluding carboxylic acids is 1. The van der Waals surface area contributed by atoms with Crippen molar-refractivity contribution >= 4 is 34.7 Å². The average Bonchev–Trinajstić information content (AvgIpc) is 3.10. The topological polar surface area (TPSA) is 93.2 Å². The number of carbonyl (C=O) groups is 1. The van der Waals surface area contributed by atoms with Gasteiger partial charge in [0.25, 0.3) is 0 Å². The molecular weight excluding hydrogens is 432 g/mol. The summed E-state index contributed by atoms with van der Waals surface area (Å²) in [4.78, 5) is 35.3. The van der Waals surface area contributed by atoms with E-state index >= 15 is 0 Å². The summed E-state index contributed by atoms with van der Waals surface area (Å²) in [5, 5.41) is 3.57. The van der Waals surface area contributed by atoms with Gasteiger partial charge in [0.05, 0.1) is 24.7 Å². The van der Waals surface area contributed by atoms with Crippen LogP contribution < -0.4 is 11.0 Å². The van der Waals surface area contributed by atoms with Gasteiger partial charge in [-0.05, 0) is 30.3 Å². The molecule has 2 aliphatic rings. The zero-order valence-electron chi connectivity index (χ0n) is 18.4. The lowest BCUT2D eigenvalue weighted by atomic mass is 10.2. The summed E-state index contributed by atoms with van der Waals surface area (Å²) < 4.78 is 8.45. The van der Waals surface area contributed by atoms with Gasteiger partial charge in [0.1, 0.15) is 5.15 Å². The van der Waals surface area contributed by atoms with Crippen molar-refractivity contribution in [1.29, 1.82) is 0 Å². The molecule has 0 spiro atoms. The molecular formula is C22H27ClN6O3. The number of piperidine rings is 1. The van der Waals surface area contributed by atoms with Crippen molar-refractivity contribution in [3.8, 4) is 0 Å². The summed E-state index contributed by atoms with van der Waals surface area (Å²) >= 11 is 6.30. The Morgan fingerprint density at radius 1 is 1.44 bits per heavy atom. The van der Waals surface area contributed by atoms with Crippen LogP contribution >= 0.6 is 11.6 Å². The Balaban J connectivity index is 1.64. The molecule has 170 valence electrons. The number of methoxy groups -OCH3 is 1. The van der Waals surface area contributed by atoms with Crippen LogP contribution in [0.2, 0.25) is 5.15 Å². The predicted molar refractivity (Wildman–Crippen MR) is 124 cm³/mol. The maximum absolute atomic E-state index is 13.2. The van der Waals surface area contributed by atoms with Crippen LogP contribution in [0.15, 0.2) is 46.6 Å². The van der Waals surface area contributed by atoms with Crippen molar-refractivity contribution in [2.75, 3.05) is 32.6 Å². The van der Waals surface area contributed by atoms with Gasteiger partial charge in [-0.1, -0.05) is 31.2 Å². The number of anilines is 1. The number of nitrogens with one attached hydrogen (secondary N) is 1. The van der Waals surface area contributed by atoms with E-state index in [0.717, 1.165) is 6.42 Å². The lowest BCUT2D eigenvalue weighted by molar-refractivity contribution is -0.125. The number of imidazole rings is 1. The SMILES string of the molecule is C=CC(=O)N1CC2C(C1)C2Cn1cc(N/C(=C/CC)C(=NC)OC)c2ncc(Cl)n2c1=O. The Hall–Kier alpha value is -3.07. The first-order valence-electron chi connectivity index (χ1n) is 10.6. The highest BCUT2D eigenvalue weighted by molar-refractivity contribution is 6.29. The first-order chi connectivity index (χ1) is 15.4. The fourth-order valence-electron chi connectivity index (χ4n) is 4.64. The normalized spacial score (nSPS) is 22.8. The zero-order valence-corrected chi connectivity index (χ0v) is 19.2. The highest BCUT2D eigenvalue weighted by Crippen LogP contribution is 2.52. The van der Waals surface area contributed by atoms with Gasteiger partial charge in [0, 0.05) is 32.9 Å². The summed E-state index contributed by atoms with van der Waals surface area (Å²) in [5.74, 6) is 1.56. The fraction of sp³-hybridized carbons (Fsp3) is 0.455. The molecule has 1 N–H and O–H groups in total. The van der Waals surface area contributed by atoms with E-state index in [1.807, 2.05) is 17.9 Å². The Morgan fingerprint density at radius 3 is 2.75 bits per heavy atom. The van der Waals surface area contributed by atoms with Crippen LogP contribution in [0.1, 0.15) is 13.3 Å². The van der Waals surface area contributed by atoms with Gasteiger partial charge in [-0.15, -0.1) is 0 Å². The van der Waals surface area contributed by atoms with Gasteiger partial charge in [-0.25, -0.2) is 14.2 Å². The van der Waals surface area contributed by atoms with Crippen molar-refractivity contribution in [3.63, 3.8) is 0 Å². The number of nitrogens with zero attached hydrogens (tertiary/aromatic N) is 5. The fourth-order valence-corrected chi connectivity index (χ4v) is 4.84. The quantitative estimate of drug-likeness (QED) is 0.390. The molecule has 1 saturated heterocycles. The van der Waals surface area contributed by atoms with Crippen LogP contribution in [0.4, 0.5) is 5.69 Å². The van der Waals surface area contributed by atoms with E-state index in [0.29, 0.717) is 60.3 Å². The van der Waals surface area contributed by atoms with Crippen LogP contribution in [0.5, 0.6) is 0 Å². The highest BCUT2D eigenvalue weighted by Gasteiger charge is 2.56. The van der Waals surface area contributed by atoms with Crippen molar-refractivity contribution < 1.29 is 9.53 Å². The number of fused-ring (bicyclic) bond motifs is 2. The number of likely N-dealkylation sites (tertiary alicyclic amines) is 1. The highest BCUT2D eigenvalue weighted by atomic mass is 35.5. The molecule has 2 aromatic rings. The monoisotopic (exact) mass is 458 g/mol. The van der Waals surface area contributed by atoms with Gasteiger partial charge in [-0.2, -0.15) is 0 Å². The minimum Gasteiger partial charge on any atom is -0.480 e. The lowest BCUT2D eigenvalue weighted by Crippen LogP contribution is -2.32. The molecule has 1 aliphatic carbocycles. The van der Waals surface area contributed by atoms with Crippen molar-refractivity contribution in [2.24, 2.45) is 22.7 Å². The van der Waals surface area contributed by atoms with Gasteiger partial charge in [0.2, 0.25) is 11.8 Å². The third-order valence-electron chi connectivity index (χ3n) is 6.25. The van der Waals surface area contributed by atoms with Gasteiger partial charge >= 0.3 is 5.69 Å². The van der Waals surface area contributed by atoms with E-state index in [2.05, 4.69) is 21.9 Å². The Bertz CT molecular complexity index is 1170. The lowest BCUT2D eigenvalue weighted by Gasteiger charge is -2.19. The van der Waals surface area contributed by atoms with E-state index in [1.54, 1.807) is 24.9 Å². The first kappa shape index (κ1) is 22.1. The number of hydrogen-bond acceptors (Lipinski definition) is 6. The number of amides is 1. The maximum Gasteiger partial charge on any atom is 0.335 e. The smallest absolute Gasteiger partial charge is 0.335 e. The number of halogens is 1. The summed E-state index contributed by atoms with van der Waals surface area (Å²) in [6.07, 6.45) is 7.31. The Kier molecular flexibility index (Phi) is 6.10. The minimum atomic E-state index is -0.241. The Morgan fingerprint density at radius 2 is 2.16 bits per heavy atom. The molecule has 0 radical (unpaired) electrons. The molecule has 2 unspecified atom stereocenters. The van der Waals surface area contributed by atoms with Crippen molar-refractivity contribution in [1.82, 2.24) is 18.9 Å². The molecule has 0 aromatic carbocycles. The molecule has 10 heteroatoms. The van der Waals surface area contributed by atoms with E-state index in [1.165, 1.54) is 16.7 Å². The van der Waals surface area contributed by atoms with E-state index in [4.69, 9.17) is 16.3 Å². The zero-order chi connectivity index (χ0) is 23.0. The minimum absolute atomic E-state index is 0.0343. The largest absolute Gasteiger partial charge is 0.480 e. The predicted octanol–water partition coefficient (Wildman–Crippen LogP) is 2.42. The second-order valence-electron chi connectivity index (χ2n) is 8.04. The summed E-state index contributed by atoms with van der Waals surface area (Å²) in [5.41, 5.74) is 1.51. The molecule has 4 rings (SSSR count). The van der Waals surface area contributed by atoms with Crippen molar-refractivity contribution in [2.45, 2.75) is 19.9 Å². The second kappa shape index (κ2) is 8.82. The molecule has 3 heterocycles. The number of rotatable bonds is 7. The third kappa shape index (κ3) is 3.81. The van der Waals surface area contributed by atoms with Gasteiger partial charge in [-0.3, -0.25) is 14.4 Å². The number of hydrogen-bond donors (Lipinski definition) is 1. The molecule has 1 aliphatic heterocycles.